The van der Waals surface area contributed by atoms with Gasteiger partial charge in [0.1, 0.15) is 0 Å². The van der Waals surface area contributed by atoms with Gasteiger partial charge in [0.2, 0.25) is 0 Å². The fourth-order valence-corrected chi connectivity index (χ4v) is 3.11. The zero-order valence-corrected chi connectivity index (χ0v) is 11.3. The highest BCUT2D eigenvalue weighted by atomic mass is 32.2. The van der Waals surface area contributed by atoms with E-state index in [-0.39, 0.29) is 0 Å². The van der Waals surface area contributed by atoms with E-state index < -0.39 is 0 Å². The van der Waals surface area contributed by atoms with Gasteiger partial charge in [0.25, 0.3) is 0 Å². The number of para-hydroxylation sites is 1. The van der Waals surface area contributed by atoms with E-state index in [0.29, 0.717) is 0 Å². The van der Waals surface area contributed by atoms with Crippen molar-refractivity contribution in [3.63, 3.8) is 0 Å². The Morgan fingerprint density at radius 3 is 2.71 bits per heavy atom. The van der Waals surface area contributed by atoms with E-state index in [0.717, 1.165) is 11.6 Å². The van der Waals surface area contributed by atoms with E-state index in [2.05, 4.69) is 36.1 Å². The third-order valence-corrected chi connectivity index (χ3v) is 4.12. The molecule has 1 heterocycles. The number of benzene rings is 1. The average Bonchev–Trinajstić information content (AvgIpc) is 2.65. The van der Waals surface area contributed by atoms with E-state index in [1.54, 1.807) is 11.8 Å². The highest BCUT2D eigenvalue weighted by Gasteiger charge is 2.22. The SMILES string of the molecule is [CH]=C1Sc2ccccc2N1CCCCCCC. The molecule has 17 heavy (non-hydrogen) atoms. The quantitative estimate of drug-likeness (QED) is 0.660. The molecule has 0 fully saturated rings. The van der Waals surface area contributed by atoms with E-state index in [9.17, 15) is 0 Å². The number of rotatable bonds is 6. The van der Waals surface area contributed by atoms with Gasteiger partial charge in [-0.3, -0.25) is 0 Å². The summed E-state index contributed by atoms with van der Waals surface area (Å²) in [6, 6.07) is 8.46. The summed E-state index contributed by atoms with van der Waals surface area (Å²) in [7, 11) is 0. The zero-order chi connectivity index (χ0) is 12.1. The van der Waals surface area contributed by atoms with Gasteiger partial charge in [-0.05, 0) is 25.1 Å². The van der Waals surface area contributed by atoms with Gasteiger partial charge in [-0.15, -0.1) is 0 Å². The van der Waals surface area contributed by atoms with Crippen molar-refractivity contribution in [2.75, 3.05) is 11.4 Å². The summed E-state index contributed by atoms with van der Waals surface area (Å²) in [6.45, 7) is 9.38. The molecule has 2 rings (SSSR count). The molecule has 0 bridgehead atoms. The Bertz CT molecular complexity index is 386. The average molecular weight is 246 g/mol. The minimum Gasteiger partial charge on any atom is -0.335 e. The number of unbranched alkanes of at least 4 members (excludes halogenated alkanes) is 4. The van der Waals surface area contributed by atoms with Crippen LogP contribution < -0.4 is 4.90 Å². The monoisotopic (exact) mass is 246 g/mol. The van der Waals surface area contributed by atoms with Crippen LogP contribution in [0.15, 0.2) is 34.2 Å². The van der Waals surface area contributed by atoms with Crippen LogP contribution >= 0.6 is 11.8 Å². The van der Waals surface area contributed by atoms with Gasteiger partial charge in [-0.1, -0.05) is 56.5 Å². The van der Waals surface area contributed by atoms with E-state index >= 15 is 0 Å². The van der Waals surface area contributed by atoms with Gasteiger partial charge >= 0.3 is 0 Å². The molecule has 0 atom stereocenters. The first kappa shape index (κ1) is 12.6. The molecule has 0 amide bonds. The second-order valence-corrected chi connectivity index (χ2v) is 5.54. The molecule has 1 aromatic rings. The van der Waals surface area contributed by atoms with Crippen molar-refractivity contribution in [1.29, 1.82) is 0 Å². The third kappa shape index (κ3) is 3.06. The molecule has 1 aliphatic rings. The zero-order valence-electron chi connectivity index (χ0n) is 10.5. The Morgan fingerprint density at radius 2 is 1.88 bits per heavy atom. The van der Waals surface area contributed by atoms with Crippen LogP contribution in [-0.2, 0) is 0 Å². The minimum absolute atomic E-state index is 0.932. The summed E-state index contributed by atoms with van der Waals surface area (Å²) in [5.74, 6) is 0. The molecule has 2 heteroatoms. The molecule has 1 radical (unpaired) electrons. The van der Waals surface area contributed by atoms with Crippen LogP contribution in [0.1, 0.15) is 39.0 Å². The van der Waals surface area contributed by atoms with E-state index in [1.807, 2.05) is 0 Å². The van der Waals surface area contributed by atoms with Crippen LogP contribution in [-0.4, -0.2) is 6.54 Å². The summed E-state index contributed by atoms with van der Waals surface area (Å²) in [5, 5.41) is 0.932. The van der Waals surface area contributed by atoms with Crippen molar-refractivity contribution in [3.05, 3.63) is 35.9 Å². The van der Waals surface area contributed by atoms with Crippen molar-refractivity contribution in [2.24, 2.45) is 0 Å². The Labute approximate surface area is 109 Å². The summed E-state index contributed by atoms with van der Waals surface area (Å²) in [4.78, 5) is 3.55. The summed E-state index contributed by atoms with van der Waals surface area (Å²) < 4.78 is 0. The fraction of sp³-hybridized carbons (Fsp3) is 0.467. The van der Waals surface area contributed by atoms with Crippen molar-refractivity contribution < 1.29 is 0 Å². The third-order valence-electron chi connectivity index (χ3n) is 3.12. The first-order chi connectivity index (χ1) is 8.33. The van der Waals surface area contributed by atoms with E-state index in [4.69, 9.17) is 6.58 Å². The van der Waals surface area contributed by atoms with Crippen molar-refractivity contribution in [3.8, 4) is 0 Å². The first-order valence-electron chi connectivity index (χ1n) is 6.49. The molecular formula is C15H20NS. The maximum atomic E-state index is 6.08. The number of thioether (sulfide) groups is 1. The summed E-state index contributed by atoms with van der Waals surface area (Å²) in [6.07, 6.45) is 6.54. The summed E-state index contributed by atoms with van der Waals surface area (Å²) >= 11 is 1.69. The standard InChI is InChI=1S/C15H20NS/c1-3-4-5-6-9-12-16-13(2)17-15-11-8-7-10-14(15)16/h2,7-8,10-11H,3-6,9,12H2,1H3. The smallest absolute Gasteiger partial charge is 0.0802 e. The molecule has 0 saturated carbocycles. The lowest BCUT2D eigenvalue weighted by Crippen LogP contribution is -2.18. The molecule has 0 N–H and O–H groups in total. The van der Waals surface area contributed by atoms with Crippen LogP contribution in [0.25, 0.3) is 0 Å². The number of fused-ring (bicyclic) bond motifs is 1. The van der Waals surface area contributed by atoms with Crippen LogP contribution in [0.5, 0.6) is 0 Å². The van der Waals surface area contributed by atoms with Crippen molar-refractivity contribution in [1.82, 2.24) is 0 Å². The number of hydrogen-bond donors (Lipinski definition) is 0. The molecule has 91 valence electrons. The lowest BCUT2D eigenvalue weighted by Gasteiger charge is -2.19. The largest absolute Gasteiger partial charge is 0.335 e. The molecule has 0 aliphatic carbocycles. The highest BCUT2D eigenvalue weighted by Crippen LogP contribution is 2.44. The van der Waals surface area contributed by atoms with Crippen molar-refractivity contribution >= 4 is 17.4 Å². The molecule has 1 aromatic carbocycles. The Balaban J connectivity index is 1.87. The maximum Gasteiger partial charge on any atom is 0.0802 e. The highest BCUT2D eigenvalue weighted by molar-refractivity contribution is 8.03. The second kappa shape index (κ2) is 6.15. The maximum absolute atomic E-state index is 6.08. The lowest BCUT2D eigenvalue weighted by molar-refractivity contribution is 0.632. The number of nitrogens with zero attached hydrogens (tertiary/aromatic N) is 1. The molecule has 0 saturated heterocycles. The molecule has 0 unspecified atom stereocenters. The van der Waals surface area contributed by atoms with Crippen molar-refractivity contribution in [2.45, 2.75) is 43.9 Å². The lowest BCUT2D eigenvalue weighted by atomic mass is 10.1. The predicted octanol–water partition coefficient (Wildman–Crippen LogP) is 4.84. The Morgan fingerprint density at radius 1 is 1.12 bits per heavy atom. The minimum atomic E-state index is 0.932. The Hall–Kier alpha value is -0.890. The van der Waals surface area contributed by atoms with Crippen LogP contribution in [0.2, 0.25) is 0 Å². The first-order valence-corrected chi connectivity index (χ1v) is 7.31. The van der Waals surface area contributed by atoms with Crippen LogP contribution in [0, 0.1) is 6.58 Å². The molecule has 0 aromatic heterocycles. The van der Waals surface area contributed by atoms with Gasteiger partial charge in [-0.25, -0.2) is 0 Å². The molecule has 1 aliphatic heterocycles. The topological polar surface area (TPSA) is 3.24 Å². The van der Waals surface area contributed by atoms with Crippen LogP contribution in [0.4, 0.5) is 5.69 Å². The molecular weight excluding hydrogens is 226 g/mol. The molecule has 0 spiro atoms. The predicted molar refractivity (Wildman–Crippen MR) is 76.2 cm³/mol. The number of anilines is 1. The van der Waals surface area contributed by atoms with Gasteiger partial charge in [0.15, 0.2) is 0 Å². The van der Waals surface area contributed by atoms with E-state index in [1.165, 1.54) is 42.7 Å². The summed E-state index contributed by atoms with van der Waals surface area (Å²) in [5.41, 5.74) is 1.28. The Kier molecular flexibility index (Phi) is 4.55. The molecule has 1 nitrogen and oxygen atoms in total. The van der Waals surface area contributed by atoms with Gasteiger partial charge in [-0.2, -0.15) is 0 Å². The van der Waals surface area contributed by atoms with Crippen LogP contribution in [0.3, 0.4) is 0 Å². The second-order valence-electron chi connectivity index (χ2n) is 4.47. The van der Waals surface area contributed by atoms with Gasteiger partial charge in [0.05, 0.1) is 10.7 Å². The van der Waals surface area contributed by atoms with Gasteiger partial charge in [0, 0.05) is 11.4 Å². The number of hydrogen-bond acceptors (Lipinski definition) is 2. The normalized spacial score (nSPS) is 14.2. The van der Waals surface area contributed by atoms with Gasteiger partial charge < -0.3 is 4.90 Å². The fourth-order valence-electron chi connectivity index (χ4n) is 2.16.